The van der Waals surface area contributed by atoms with Crippen LogP contribution in [0.25, 0.3) is 99.5 Å². The molecule has 2 nitrogen and oxygen atoms in total. The summed E-state index contributed by atoms with van der Waals surface area (Å²) in [4.78, 5) is 0. The maximum Gasteiger partial charge on any atom is 0.0541 e. The maximum atomic E-state index is 4.06. The molecule has 2 heterocycles. The highest BCUT2D eigenvalue weighted by atomic mass is 15.0. The SMILES string of the molecule is C=C/C=C(\C=C/C)n1c2ccc(-c3cccc(-c4ccc5c(c4)c4ccccc4n5C4=CCCC=C4)c3)cc2c2cc(-c3ccc4c(c3)-c3ccccc3C4)ccc21. The Bertz CT molecular complexity index is 3280. The molecule has 2 heteroatoms. The van der Waals surface area contributed by atoms with Gasteiger partial charge >= 0.3 is 0 Å². The van der Waals surface area contributed by atoms with Crippen LogP contribution in [-0.4, -0.2) is 9.13 Å². The summed E-state index contributed by atoms with van der Waals surface area (Å²) in [5.41, 5.74) is 20.0. The lowest BCUT2D eigenvalue weighted by molar-refractivity contribution is 1.02. The van der Waals surface area contributed by atoms with E-state index in [0.717, 1.165) is 25.0 Å². The molecule has 58 heavy (non-hydrogen) atoms. The summed E-state index contributed by atoms with van der Waals surface area (Å²) >= 11 is 0. The molecule has 0 radical (unpaired) electrons. The van der Waals surface area contributed by atoms with Crippen molar-refractivity contribution in [2.75, 3.05) is 0 Å². The molecule has 0 bridgehead atoms. The van der Waals surface area contributed by atoms with Gasteiger partial charge < -0.3 is 9.13 Å². The second kappa shape index (κ2) is 13.8. The summed E-state index contributed by atoms with van der Waals surface area (Å²) in [6.07, 6.45) is 18.3. The first-order chi connectivity index (χ1) is 28.7. The zero-order valence-electron chi connectivity index (χ0n) is 32.6. The predicted molar refractivity (Wildman–Crippen MR) is 249 cm³/mol. The number of rotatable bonds is 7. The third-order valence-electron chi connectivity index (χ3n) is 12.2. The van der Waals surface area contributed by atoms with Crippen molar-refractivity contribution in [2.45, 2.75) is 26.2 Å². The third kappa shape index (κ3) is 5.48. The van der Waals surface area contributed by atoms with Crippen LogP contribution in [0.2, 0.25) is 0 Å². The Morgan fingerprint density at radius 1 is 0.534 bits per heavy atom. The molecule has 0 fully saturated rings. The minimum absolute atomic E-state index is 1.00. The third-order valence-corrected chi connectivity index (χ3v) is 12.2. The lowest BCUT2D eigenvalue weighted by Gasteiger charge is -2.12. The molecule has 9 aromatic rings. The predicted octanol–water partition coefficient (Wildman–Crippen LogP) is 15.3. The van der Waals surface area contributed by atoms with Gasteiger partial charge in [0.1, 0.15) is 0 Å². The van der Waals surface area contributed by atoms with Gasteiger partial charge in [-0.3, -0.25) is 0 Å². The summed E-state index contributed by atoms with van der Waals surface area (Å²) in [5.74, 6) is 0. The van der Waals surface area contributed by atoms with E-state index in [1.165, 1.54) is 105 Å². The van der Waals surface area contributed by atoms with E-state index in [2.05, 4.69) is 205 Å². The topological polar surface area (TPSA) is 9.86 Å². The van der Waals surface area contributed by atoms with Crippen molar-refractivity contribution in [3.05, 3.63) is 206 Å². The standard InChI is InChI=1S/C56H42N2/c1-3-13-45(14-4-2)57-55-29-26-41(35-51(55)52-36-42(27-30-56(52)57)39-23-24-44-32-43-15-8-9-20-47(43)49(44)33-39)38-17-12-16-37(31-38)40-25-28-54-50(34-40)48-21-10-11-22-53(48)58(54)46-18-6-5-7-19-46/h3-4,6,8-31,33-36H,1,5,7,32H2,2H3/b14-4-,45-13+. The molecule has 2 aliphatic carbocycles. The fourth-order valence-corrected chi connectivity index (χ4v) is 9.53. The van der Waals surface area contributed by atoms with Crippen LogP contribution >= 0.6 is 0 Å². The fraction of sp³-hybridized carbons (Fsp3) is 0.0714. The van der Waals surface area contributed by atoms with Crippen LogP contribution in [0.1, 0.15) is 30.9 Å². The molecule has 276 valence electrons. The minimum Gasteiger partial charge on any atom is -0.310 e. The van der Waals surface area contributed by atoms with Gasteiger partial charge in [-0.1, -0.05) is 122 Å². The second-order valence-corrected chi connectivity index (χ2v) is 15.6. The monoisotopic (exact) mass is 742 g/mol. The van der Waals surface area contributed by atoms with Crippen molar-refractivity contribution >= 4 is 55.0 Å². The highest BCUT2D eigenvalue weighted by Gasteiger charge is 2.20. The minimum atomic E-state index is 1.00. The van der Waals surface area contributed by atoms with Crippen LogP contribution in [0, 0.1) is 0 Å². The molecule has 0 atom stereocenters. The average Bonchev–Trinajstić information content (AvgIpc) is 3.93. The zero-order valence-corrected chi connectivity index (χ0v) is 32.6. The van der Waals surface area contributed by atoms with Gasteiger partial charge in [-0.2, -0.15) is 0 Å². The first kappa shape index (κ1) is 34.1. The van der Waals surface area contributed by atoms with Crippen molar-refractivity contribution in [1.82, 2.24) is 9.13 Å². The number of hydrogen-bond acceptors (Lipinski definition) is 0. The number of allylic oxidation sites excluding steroid dienone is 9. The molecule has 0 spiro atoms. The quantitative estimate of drug-likeness (QED) is 0.144. The van der Waals surface area contributed by atoms with Crippen molar-refractivity contribution in [2.24, 2.45) is 0 Å². The molecule has 7 aromatic carbocycles. The van der Waals surface area contributed by atoms with Crippen molar-refractivity contribution in [3.8, 4) is 44.5 Å². The van der Waals surface area contributed by atoms with Gasteiger partial charge in [-0.05, 0) is 155 Å². The number of nitrogens with zero attached hydrogens (tertiary/aromatic N) is 2. The average molecular weight is 743 g/mol. The highest BCUT2D eigenvalue weighted by molar-refractivity contribution is 6.13. The van der Waals surface area contributed by atoms with Gasteiger partial charge in [-0.15, -0.1) is 0 Å². The largest absolute Gasteiger partial charge is 0.310 e. The molecule has 11 rings (SSSR count). The molecule has 0 amide bonds. The number of aromatic nitrogens is 2. The van der Waals surface area contributed by atoms with Crippen LogP contribution in [0.5, 0.6) is 0 Å². The van der Waals surface area contributed by atoms with Gasteiger partial charge in [0.15, 0.2) is 0 Å². The van der Waals surface area contributed by atoms with E-state index >= 15 is 0 Å². The first-order valence-electron chi connectivity index (χ1n) is 20.4. The number of hydrogen-bond donors (Lipinski definition) is 0. The van der Waals surface area contributed by atoms with Crippen LogP contribution in [0.4, 0.5) is 0 Å². The molecule has 0 saturated carbocycles. The molecule has 2 aliphatic rings. The van der Waals surface area contributed by atoms with Crippen LogP contribution in [0.15, 0.2) is 195 Å². The number of para-hydroxylation sites is 1. The lowest BCUT2D eigenvalue weighted by Crippen LogP contribution is -1.96. The van der Waals surface area contributed by atoms with E-state index in [4.69, 9.17) is 0 Å². The van der Waals surface area contributed by atoms with Gasteiger partial charge in [0.05, 0.1) is 22.1 Å². The van der Waals surface area contributed by atoms with E-state index in [-0.39, 0.29) is 0 Å². The van der Waals surface area contributed by atoms with Crippen molar-refractivity contribution in [3.63, 3.8) is 0 Å². The van der Waals surface area contributed by atoms with Crippen LogP contribution < -0.4 is 0 Å². The summed E-state index contributed by atoms with van der Waals surface area (Å²) < 4.78 is 4.80. The van der Waals surface area contributed by atoms with E-state index in [9.17, 15) is 0 Å². The summed E-state index contributed by atoms with van der Waals surface area (Å²) in [6.45, 7) is 6.13. The fourth-order valence-electron chi connectivity index (χ4n) is 9.53. The lowest BCUT2D eigenvalue weighted by atomic mass is 9.96. The zero-order chi connectivity index (χ0) is 38.7. The van der Waals surface area contributed by atoms with Gasteiger partial charge in [-0.25, -0.2) is 0 Å². The van der Waals surface area contributed by atoms with Gasteiger partial charge in [0.25, 0.3) is 0 Å². The molecule has 0 aliphatic heterocycles. The normalized spacial score (nSPS) is 13.9. The first-order valence-corrected chi connectivity index (χ1v) is 20.4. The Kier molecular flexibility index (Phi) is 8.11. The Morgan fingerprint density at radius 2 is 1.14 bits per heavy atom. The Hall–Kier alpha value is -7.16. The van der Waals surface area contributed by atoms with Crippen LogP contribution in [0.3, 0.4) is 0 Å². The Labute approximate surface area is 339 Å². The molecular formula is C56H42N2. The molecule has 0 N–H and O–H groups in total. The maximum absolute atomic E-state index is 4.06. The van der Waals surface area contributed by atoms with E-state index in [1.54, 1.807) is 0 Å². The van der Waals surface area contributed by atoms with E-state index in [1.807, 2.05) is 6.08 Å². The van der Waals surface area contributed by atoms with Crippen molar-refractivity contribution < 1.29 is 0 Å². The molecule has 0 saturated heterocycles. The molecular weight excluding hydrogens is 701 g/mol. The summed E-state index contributed by atoms with van der Waals surface area (Å²) in [6, 6.07) is 54.6. The highest BCUT2D eigenvalue weighted by Crippen LogP contribution is 2.42. The Balaban J connectivity index is 1.04. The van der Waals surface area contributed by atoms with E-state index < -0.39 is 0 Å². The smallest absolute Gasteiger partial charge is 0.0541 e. The summed E-state index contributed by atoms with van der Waals surface area (Å²) in [5, 5.41) is 5.02. The second-order valence-electron chi connectivity index (χ2n) is 15.6. The summed E-state index contributed by atoms with van der Waals surface area (Å²) in [7, 11) is 0. The van der Waals surface area contributed by atoms with E-state index in [0.29, 0.717) is 0 Å². The number of benzene rings is 7. The van der Waals surface area contributed by atoms with Crippen molar-refractivity contribution in [1.29, 1.82) is 0 Å². The van der Waals surface area contributed by atoms with Gasteiger partial charge in [0.2, 0.25) is 0 Å². The Morgan fingerprint density at radius 3 is 1.84 bits per heavy atom. The molecule has 2 aromatic heterocycles. The number of fused-ring (bicyclic) bond motifs is 9. The molecule has 0 unspecified atom stereocenters. The van der Waals surface area contributed by atoms with Crippen LogP contribution in [-0.2, 0) is 6.42 Å². The van der Waals surface area contributed by atoms with Gasteiger partial charge in [0, 0.05) is 32.9 Å².